The Bertz CT molecular complexity index is 758. The number of aliphatic hydroxyl groups excluding tert-OH is 1. The molecule has 126 valence electrons. The number of aromatic nitrogens is 2. The van der Waals surface area contributed by atoms with E-state index in [9.17, 15) is 5.11 Å². The molecular weight excluding hydrogens is 368 g/mol. The monoisotopic (exact) mass is 388 g/mol. The second-order valence-corrected chi connectivity index (χ2v) is 7.64. The van der Waals surface area contributed by atoms with Gasteiger partial charge in [0.25, 0.3) is 0 Å². The highest BCUT2D eigenvalue weighted by Gasteiger charge is 2.46. The van der Waals surface area contributed by atoms with Gasteiger partial charge in [0, 0.05) is 19.1 Å². The van der Waals surface area contributed by atoms with Crippen LogP contribution < -0.4 is 10.6 Å². The van der Waals surface area contributed by atoms with Gasteiger partial charge >= 0.3 is 0 Å². The van der Waals surface area contributed by atoms with Gasteiger partial charge < -0.3 is 15.7 Å². The van der Waals surface area contributed by atoms with Crippen molar-refractivity contribution in [2.45, 2.75) is 31.9 Å². The van der Waals surface area contributed by atoms with Crippen LogP contribution in [0.4, 0.5) is 5.82 Å². The molecule has 0 unspecified atom stereocenters. The van der Waals surface area contributed by atoms with Crippen LogP contribution >= 0.6 is 15.9 Å². The van der Waals surface area contributed by atoms with Crippen LogP contribution in [-0.2, 0) is 13.0 Å². The van der Waals surface area contributed by atoms with Gasteiger partial charge in [0.05, 0.1) is 12.8 Å². The van der Waals surface area contributed by atoms with Gasteiger partial charge in [-0.1, -0.05) is 24.3 Å². The fourth-order valence-corrected chi connectivity index (χ4v) is 4.55. The topological polar surface area (TPSA) is 75.3 Å². The lowest BCUT2D eigenvalue weighted by molar-refractivity contribution is 0.186. The van der Waals surface area contributed by atoms with Crippen LogP contribution in [-0.4, -0.2) is 28.2 Å². The first kappa shape index (κ1) is 16.0. The van der Waals surface area contributed by atoms with Crippen LogP contribution in [0.2, 0.25) is 0 Å². The van der Waals surface area contributed by atoms with E-state index in [4.69, 9.17) is 5.73 Å². The molecule has 0 saturated carbocycles. The number of piperidine rings is 1. The SMILES string of the molecule is N[C@@H]1c2ccccc2CC12CCN(c1ncc(Br)nc1CO)CC2. The largest absolute Gasteiger partial charge is 0.390 e. The van der Waals surface area contributed by atoms with E-state index < -0.39 is 0 Å². The lowest BCUT2D eigenvalue weighted by atomic mass is 9.73. The van der Waals surface area contributed by atoms with Crippen molar-refractivity contribution in [2.75, 3.05) is 18.0 Å². The van der Waals surface area contributed by atoms with Crippen molar-refractivity contribution < 1.29 is 5.11 Å². The van der Waals surface area contributed by atoms with Gasteiger partial charge in [-0.2, -0.15) is 0 Å². The minimum atomic E-state index is -0.103. The maximum atomic E-state index is 9.57. The zero-order valence-corrected chi connectivity index (χ0v) is 15.0. The maximum Gasteiger partial charge on any atom is 0.152 e. The molecule has 1 atom stereocenters. The van der Waals surface area contributed by atoms with E-state index in [0.717, 1.165) is 38.2 Å². The minimum absolute atomic E-state index is 0.103. The smallest absolute Gasteiger partial charge is 0.152 e. The van der Waals surface area contributed by atoms with Gasteiger partial charge in [-0.25, -0.2) is 9.97 Å². The predicted molar refractivity (Wildman–Crippen MR) is 96.6 cm³/mol. The van der Waals surface area contributed by atoms with Crippen molar-refractivity contribution in [3.63, 3.8) is 0 Å². The molecule has 4 rings (SSSR count). The van der Waals surface area contributed by atoms with Crippen LogP contribution in [0.15, 0.2) is 35.1 Å². The highest BCUT2D eigenvalue weighted by Crippen LogP contribution is 2.50. The fourth-order valence-electron chi connectivity index (χ4n) is 4.24. The fraction of sp³-hybridized carbons (Fsp3) is 0.444. The summed E-state index contributed by atoms with van der Waals surface area (Å²) in [5.74, 6) is 0.791. The predicted octanol–water partition coefficient (Wildman–Crippen LogP) is 2.57. The van der Waals surface area contributed by atoms with Crippen LogP contribution in [0.5, 0.6) is 0 Å². The zero-order chi connectivity index (χ0) is 16.7. The average Bonchev–Trinajstić information content (AvgIpc) is 2.88. The van der Waals surface area contributed by atoms with Gasteiger partial charge in [-0.3, -0.25) is 0 Å². The van der Waals surface area contributed by atoms with E-state index in [-0.39, 0.29) is 18.1 Å². The van der Waals surface area contributed by atoms with E-state index in [1.165, 1.54) is 11.1 Å². The highest BCUT2D eigenvalue weighted by atomic mass is 79.9. The summed E-state index contributed by atoms with van der Waals surface area (Å²) < 4.78 is 0.650. The van der Waals surface area contributed by atoms with Gasteiger partial charge in [0.2, 0.25) is 0 Å². The first-order valence-electron chi connectivity index (χ1n) is 8.33. The van der Waals surface area contributed by atoms with Crippen LogP contribution in [0.3, 0.4) is 0 Å². The number of hydrogen-bond acceptors (Lipinski definition) is 5. The van der Waals surface area contributed by atoms with Crippen LogP contribution in [0.1, 0.15) is 35.7 Å². The van der Waals surface area contributed by atoms with Gasteiger partial charge in [0.15, 0.2) is 5.82 Å². The quantitative estimate of drug-likeness (QED) is 0.826. The lowest BCUT2D eigenvalue weighted by Gasteiger charge is -2.42. The molecule has 1 saturated heterocycles. The van der Waals surface area contributed by atoms with E-state index in [1.807, 2.05) is 0 Å². The van der Waals surface area contributed by atoms with E-state index in [2.05, 4.69) is 55.1 Å². The Kier molecular flexibility index (Phi) is 4.06. The number of anilines is 1. The summed E-state index contributed by atoms with van der Waals surface area (Å²) >= 11 is 3.31. The summed E-state index contributed by atoms with van der Waals surface area (Å²) in [5.41, 5.74) is 10.1. The standard InChI is InChI=1S/C18H21BrN4O/c19-15-10-21-17(14(11-24)22-15)23-7-5-18(6-8-23)9-12-3-1-2-4-13(12)16(18)20/h1-4,10,16,24H,5-9,11,20H2/t16-/m1/s1. The molecule has 2 aromatic rings. The van der Waals surface area contributed by atoms with Crippen molar-refractivity contribution >= 4 is 21.7 Å². The third-order valence-electron chi connectivity index (χ3n) is 5.59. The highest BCUT2D eigenvalue weighted by molar-refractivity contribution is 9.10. The van der Waals surface area contributed by atoms with E-state index >= 15 is 0 Å². The Balaban J connectivity index is 1.54. The second kappa shape index (κ2) is 6.10. The molecule has 5 nitrogen and oxygen atoms in total. The van der Waals surface area contributed by atoms with Crippen LogP contribution in [0, 0.1) is 5.41 Å². The number of nitrogens with zero attached hydrogens (tertiary/aromatic N) is 3. The number of aliphatic hydroxyl groups is 1. The van der Waals surface area contributed by atoms with Gasteiger partial charge in [0.1, 0.15) is 10.3 Å². The molecule has 1 aromatic heterocycles. The summed E-state index contributed by atoms with van der Waals surface area (Å²) in [7, 11) is 0. The Morgan fingerprint density at radius 1 is 1.29 bits per heavy atom. The summed E-state index contributed by atoms with van der Waals surface area (Å²) in [6.07, 6.45) is 4.82. The van der Waals surface area contributed by atoms with Gasteiger partial charge in [-0.15, -0.1) is 0 Å². The van der Waals surface area contributed by atoms with E-state index in [0.29, 0.717) is 10.3 Å². The number of hydrogen-bond donors (Lipinski definition) is 2. The molecule has 1 aliphatic carbocycles. The van der Waals surface area contributed by atoms with Crippen molar-refractivity contribution in [3.8, 4) is 0 Å². The lowest BCUT2D eigenvalue weighted by Crippen LogP contribution is -2.45. The molecule has 2 aliphatic rings. The summed E-state index contributed by atoms with van der Waals surface area (Å²) in [6.45, 7) is 1.68. The summed E-state index contributed by atoms with van der Waals surface area (Å²) in [6, 6.07) is 8.68. The maximum absolute atomic E-state index is 9.57. The number of benzene rings is 1. The van der Waals surface area contributed by atoms with Crippen molar-refractivity contribution in [1.29, 1.82) is 0 Å². The first-order chi connectivity index (χ1) is 11.6. The Morgan fingerprint density at radius 2 is 2.04 bits per heavy atom. The molecule has 1 aliphatic heterocycles. The second-order valence-electron chi connectivity index (χ2n) is 6.82. The van der Waals surface area contributed by atoms with Crippen molar-refractivity contribution in [3.05, 3.63) is 51.9 Å². The molecule has 1 aromatic carbocycles. The third-order valence-corrected chi connectivity index (χ3v) is 5.98. The number of nitrogens with two attached hydrogens (primary N) is 1. The average molecular weight is 389 g/mol. The summed E-state index contributed by atoms with van der Waals surface area (Å²) in [4.78, 5) is 11.0. The van der Waals surface area contributed by atoms with Gasteiger partial charge in [-0.05, 0) is 51.7 Å². The Morgan fingerprint density at radius 3 is 2.75 bits per heavy atom. The molecule has 24 heavy (non-hydrogen) atoms. The number of rotatable bonds is 2. The van der Waals surface area contributed by atoms with Crippen LogP contribution in [0.25, 0.3) is 0 Å². The normalized spacial score (nSPS) is 22.0. The molecule has 1 spiro atoms. The van der Waals surface area contributed by atoms with Crippen molar-refractivity contribution in [1.82, 2.24) is 9.97 Å². The molecule has 3 N–H and O–H groups in total. The molecule has 0 amide bonds. The molecule has 0 bridgehead atoms. The molecule has 0 radical (unpaired) electrons. The summed E-state index contributed by atoms with van der Waals surface area (Å²) in [5, 5.41) is 9.57. The van der Waals surface area contributed by atoms with E-state index in [1.54, 1.807) is 6.20 Å². The van der Waals surface area contributed by atoms with Crippen molar-refractivity contribution in [2.24, 2.45) is 11.1 Å². The Hall–Kier alpha value is -1.50. The molecule has 2 heterocycles. The zero-order valence-electron chi connectivity index (χ0n) is 13.5. The number of halogens is 1. The third kappa shape index (κ3) is 2.53. The number of fused-ring (bicyclic) bond motifs is 1. The Labute approximate surface area is 150 Å². The minimum Gasteiger partial charge on any atom is -0.390 e. The molecule has 1 fully saturated rings. The first-order valence-corrected chi connectivity index (χ1v) is 9.13. The molecular formula is C18H21BrN4O. The molecule has 6 heteroatoms.